The van der Waals surface area contributed by atoms with Gasteiger partial charge in [-0.1, -0.05) is 30.3 Å². The largest absolute Gasteiger partial charge is 0.369 e. The van der Waals surface area contributed by atoms with Gasteiger partial charge in [-0.3, -0.25) is 4.79 Å². The van der Waals surface area contributed by atoms with Gasteiger partial charge in [0.15, 0.2) is 0 Å². The number of carbonyl (C=O) groups excluding carboxylic acids is 1. The number of rotatable bonds is 3. The second kappa shape index (κ2) is 4.97. The second-order valence-electron chi connectivity index (χ2n) is 5.54. The van der Waals surface area contributed by atoms with Crippen LogP contribution >= 0.6 is 0 Å². The van der Waals surface area contributed by atoms with Gasteiger partial charge in [-0.15, -0.1) is 0 Å². The first-order valence-corrected chi connectivity index (χ1v) is 6.61. The van der Waals surface area contributed by atoms with E-state index in [9.17, 15) is 4.79 Å². The van der Waals surface area contributed by atoms with Gasteiger partial charge in [-0.2, -0.15) is 0 Å². The number of amides is 1. The van der Waals surface area contributed by atoms with Gasteiger partial charge in [0.05, 0.1) is 5.41 Å². The zero-order chi connectivity index (χ0) is 13.2. The molecular weight excluding hydrogens is 222 g/mol. The molecule has 1 aliphatic carbocycles. The topological polar surface area (TPSA) is 43.1 Å². The van der Waals surface area contributed by atoms with Gasteiger partial charge in [0.2, 0.25) is 5.91 Å². The van der Waals surface area contributed by atoms with E-state index in [1.807, 2.05) is 26.0 Å². The highest BCUT2D eigenvalue weighted by Gasteiger charge is 2.27. The average molecular weight is 243 g/mol. The van der Waals surface area contributed by atoms with Crippen molar-refractivity contribution in [3.63, 3.8) is 0 Å². The average Bonchev–Trinajstić information content (AvgIpc) is 2.40. The Hall–Kier alpha value is -1.57. The number of hydrogen-bond donors (Lipinski definition) is 1. The molecule has 96 valence electrons. The Labute approximate surface area is 109 Å². The number of primary amides is 1. The maximum Gasteiger partial charge on any atom is 0.227 e. The molecule has 2 heteroatoms. The fourth-order valence-electron chi connectivity index (χ4n) is 2.34. The van der Waals surface area contributed by atoms with Crippen LogP contribution in [0.4, 0.5) is 0 Å². The summed E-state index contributed by atoms with van der Waals surface area (Å²) in [5.74, 6) is -0.285. The second-order valence-corrected chi connectivity index (χ2v) is 5.54. The van der Waals surface area contributed by atoms with E-state index in [4.69, 9.17) is 5.73 Å². The maximum absolute atomic E-state index is 11.4. The molecule has 0 aromatic heterocycles. The van der Waals surface area contributed by atoms with Crippen LogP contribution in [0.3, 0.4) is 0 Å². The van der Waals surface area contributed by atoms with E-state index in [1.54, 1.807) is 0 Å². The Morgan fingerprint density at radius 3 is 2.33 bits per heavy atom. The molecule has 1 aliphatic rings. The molecule has 2 nitrogen and oxygen atoms in total. The van der Waals surface area contributed by atoms with Crippen molar-refractivity contribution in [2.24, 2.45) is 5.73 Å². The normalized spacial score (nSPS) is 16.2. The van der Waals surface area contributed by atoms with Crippen molar-refractivity contribution in [3.05, 3.63) is 41.5 Å². The lowest BCUT2D eigenvalue weighted by atomic mass is 9.83. The quantitative estimate of drug-likeness (QED) is 0.868. The smallest absolute Gasteiger partial charge is 0.227 e. The Morgan fingerprint density at radius 1 is 1.17 bits per heavy atom. The van der Waals surface area contributed by atoms with E-state index >= 15 is 0 Å². The molecule has 0 spiro atoms. The number of hydrogen-bond acceptors (Lipinski definition) is 1. The summed E-state index contributed by atoms with van der Waals surface area (Å²) >= 11 is 0. The van der Waals surface area contributed by atoms with Crippen molar-refractivity contribution in [1.82, 2.24) is 0 Å². The lowest BCUT2D eigenvalue weighted by Gasteiger charge is -2.21. The van der Waals surface area contributed by atoms with Crippen LogP contribution < -0.4 is 5.73 Å². The van der Waals surface area contributed by atoms with Crippen molar-refractivity contribution < 1.29 is 4.79 Å². The number of benzene rings is 1. The first kappa shape index (κ1) is 12.9. The molecule has 0 heterocycles. The van der Waals surface area contributed by atoms with E-state index in [1.165, 1.54) is 36.8 Å². The number of carbonyl (C=O) groups is 1. The van der Waals surface area contributed by atoms with Crippen molar-refractivity contribution in [2.75, 3.05) is 0 Å². The first-order chi connectivity index (χ1) is 8.51. The van der Waals surface area contributed by atoms with Crippen LogP contribution in [-0.2, 0) is 10.2 Å². The fourth-order valence-corrected chi connectivity index (χ4v) is 2.34. The minimum absolute atomic E-state index is 0.285. The maximum atomic E-state index is 11.4. The molecule has 2 N–H and O–H groups in total. The van der Waals surface area contributed by atoms with Gasteiger partial charge in [0.25, 0.3) is 0 Å². The lowest BCUT2D eigenvalue weighted by Crippen LogP contribution is -2.35. The molecule has 18 heavy (non-hydrogen) atoms. The monoisotopic (exact) mass is 243 g/mol. The molecule has 0 saturated carbocycles. The van der Waals surface area contributed by atoms with Crippen LogP contribution in [0.2, 0.25) is 0 Å². The Bertz CT molecular complexity index is 468. The third-order valence-corrected chi connectivity index (χ3v) is 3.88. The molecule has 0 bridgehead atoms. The SMILES string of the molecule is CC(C)(C(N)=O)c1ccc(C2=CCCCC2)cc1. The number of allylic oxidation sites excluding steroid dienone is 2. The molecule has 0 atom stereocenters. The highest BCUT2D eigenvalue weighted by atomic mass is 16.1. The van der Waals surface area contributed by atoms with Crippen molar-refractivity contribution in [2.45, 2.75) is 44.9 Å². The molecule has 0 fully saturated rings. The summed E-state index contributed by atoms with van der Waals surface area (Å²) in [5, 5.41) is 0. The molecular formula is C16H21NO. The third kappa shape index (κ3) is 2.47. The molecule has 0 saturated heterocycles. The summed E-state index contributed by atoms with van der Waals surface area (Å²) in [5.41, 5.74) is 8.53. The molecule has 0 radical (unpaired) electrons. The molecule has 2 rings (SSSR count). The van der Waals surface area contributed by atoms with Gasteiger partial charge < -0.3 is 5.73 Å². The summed E-state index contributed by atoms with van der Waals surface area (Å²) in [6.07, 6.45) is 7.26. The molecule has 1 aromatic rings. The summed E-state index contributed by atoms with van der Waals surface area (Å²) in [6, 6.07) is 8.26. The van der Waals surface area contributed by atoms with Crippen LogP contribution in [0.5, 0.6) is 0 Å². The zero-order valence-corrected chi connectivity index (χ0v) is 11.2. The van der Waals surface area contributed by atoms with Crippen LogP contribution in [0.1, 0.15) is 50.7 Å². The zero-order valence-electron chi connectivity index (χ0n) is 11.2. The van der Waals surface area contributed by atoms with Gasteiger partial charge >= 0.3 is 0 Å². The minimum Gasteiger partial charge on any atom is -0.369 e. The summed E-state index contributed by atoms with van der Waals surface area (Å²) in [6.45, 7) is 3.73. The van der Waals surface area contributed by atoms with Crippen molar-refractivity contribution in [3.8, 4) is 0 Å². The van der Waals surface area contributed by atoms with Crippen LogP contribution in [0, 0.1) is 0 Å². The lowest BCUT2D eigenvalue weighted by molar-refractivity contribution is -0.122. The van der Waals surface area contributed by atoms with Gasteiger partial charge in [-0.25, -0.2) is 0 Å². The van der Waals surface area contributed by atoms with Gasteiger partial charge in [0.1, 0.15) is 0 Å². The highest BCUT2D eigenvalue weighted by molar-refractivity contribution is 5.85. The van der Waals surface area contributed by atoms with Gasteiger partial charge in [-0.05, 0) is 56.2 Å². The highest BCUT2D eigenvalue weighted by Crippen LogP contribution is 2.29. The summed E-state index contributed by atoms with van der Waals surface area (Å²) in [7, 11) is 0. The molecule has 1 amide bonds. The Balaban J connectivity index is 2.25. The standard InChI is InChI=1S/C16H21NO/c1-16(2,15(17)18)14-10-8-13(9-11-14)12-6-4-3-5-7-12/h6,8-11H,3-5,7H2,1-2H3,(H2,17,18). The molecule has 0 aliphatic heterocycles. The fraction of sp³-hybridized carbons (Fsp3) is 0.438. The molecule has 0 unspecified atom stereocenters. The van der Waals surface area contributed by atoms with E-state index in [-0.39, 0.29) is 5.91 Å². The van der Waals surface area contributed by atoms with Crippen molar-refractivity contribution >= 4 is 11.5 Å². The first-order valence-electron chi connectivity index (χ1n) is 6.61. The predicted octanol–water partition coefficient (Wildman–Crippen LogP) is 3.41. The van der Waals surface area contributed by atoms with E-state index in [0.717, 1.165) is 5.56 Å². The van der Waals surface area contributed by atoms with Crippen molar-refractivity contribution in [1.29, 1.82) is 0 Å². The Morgan fingerprint density at radius 2 is 1.83 bits per heavy atom. The number of nitrogens with two attached hydrogens (primary N) is 1. The van der Waals surface area contributed by atoms with E-state index in [0.29, 0.717) is 0 Å². The van der Waals surface area contributed by atoms with E-state index < -0.39 is 5.41 Å². The summed E-state index contributed by atoms with van der Waals surface area (Å²) < 4.78 is 0. The minimum atomic E-state index is -0.598. The Kier molecular flexibility index (Phi) is 3.55. The summed E-state index contributed by atoms with van der Waals surface area (Å²) in [4.78, 5) is 11.4. The third-order valence-electron chi connectivity index (χ3n) is 3.88. The van der Waals surface area contributed by atoms with Gasteiger partial charge in [0, 0.05) is 0 Å². The predicted molar refractivity (Wildman–Crippen MR) is 75.1 cm³/mol. The van der Waals surface area contributed by atoms with Crippen LogP contribution in [0.15, 0.2) is 30.3 Å². The molecule has 1 aromatic carbocycles. The van der Waals surface area contributed by atoms with Crippen LogP contribution in [0.25, 0.3) is 5.57 Å². The van der Waals surface area contributed by atoms with Crippen LogP contribution in [-0.4, -0.2) is 5.91 Å². The van der Waals surface area contributed by atoms with E-state index in [2.05, 4.69) is 18.2 Å².